The molecule has 2 rings (SSSR count). The van der Waals surface area contributed by atoms with Gasteiger partial charge in [0.2, 0.25) is 0 Å². The van der Waals surface area contributed by atoms with E-state index in [9.17, 15) is 4.39 Å². The van der Waals surface area contributed by atoms with Crippen molar-refractivity contribution in [3.63, 3.8) is 0 Å². The molecule has 0 radical (unpaired) electrons. The number of hydrogen-bond acceptors (Lipinski definition) is 3. The monoisotopic (exact) mass is 282 g/mol. The number of thioether (sulfide) groups is 1. The molecule has 0 amide bonds. The Balaban J connectivity index is 2.26. The Morgan fingerprint density at radius 2 is 2.32 bits per heavy atom. The van der Waals surface area contributed by atoms with Crippen molar-refractivity contribution in [3.05, 3.63) is 29.6 Å². The van der Waals surface area contributed by atoms with E-state index in [4.69, 9.17) is 5.73 Å². The summed E-state index contributed by atoms with van der Waals surface area (Å²) in [6.07, 6.45) is 1.67. The smallest absolute Gasteiger partial charge is 0.146 e. The van der Waals surface area contributed by atoms with Crippen LogP contribution in [0.15, 0.2) is 18.2 Å². The average Bonchev–Trinajstić information content (AvgIpc) is 2.38. The Bertz CT molecular complexity index is 425. The molecule has 1 fully saturated rings. The van der Waals surface area contributed by atoms with Crippen molar-refractivity contribution >= 4 is 17.4 Å². The Morgan fingerprint density at radius 1 is 1.53 bits per heavy atom. The van der Waals surface area contributed by atoms with E-state index in [1.54, 1.807) is 12.1 Å². The number of nitrogens with zero attached hydrogens (tertiary/aromatic N) is 1. The quantitative estimate of drug-likeness (QED) is 0.920. The van der Waals surface area contributed by atoms with Crippen molar-refractivity contribution in [1.29, 1.82) is 0 Å². The number of halogens is 1. The number of benzene rings is 1. The van der Waals surface area contributed by atoms with Gasteiger partial charge in [-0.25, -0.2) is 4.39 Å². The van der Waals surface area contributed by atoms with Crippen LogP contribution in [-0.4, -0.2) is 30.1 Å². The van der Waals surface area contributed by atoms with Crippen LogP contribution in [-0.2, 0) is 6.42 Å². The Kier molecular flexibility index (Phi) is 5.11. The normalized spacial score (nSPS) is 21.5. The van der Waals surface area contributed by atoms with Crippen LogP contribution in [0.25, 0.3) is 0 Å². The molecule has 0 aliphatic carbocycles. The lowest BCUT2D eigenvalue weighted by Gasteiger charge is -2.34. The summed E-state index contributed by atoms with van der Waals surface area (Å²) in [4.78, 5) is 2.19. The lowest BCUT2D eigenvalue weighted by atomic mass is 10.0. The van der Waals surface area contributed by atoms with Crippen LogP contribution in [0.2, 0.25) is 0 Å². The fourth-order valence-electron chi connectivity index (χ4n) is 2.53. The minimum atomic E-state index is -0.111. The van der Waals surface area contributed by atoms with Gasteiger partial charge in [-0.05, 0) is 24.5 Å². The first-order chi connectivity index (χ1) is 9.11. The molecule has 106 valence electrons. The van der Waals surface area contributed by atoms with Crippen molar-refractivity contribution in [2.75, 3.05) is 23.7 Å². The maximum Gasteiger partial charge on any atom is 0.146 e. The Morgan fingerprint density at radius 3 is 3.00 bits per heavy atom. The van der Waals surface area contributed by atoms with Crippen LogP contribution in [0.4, 0.5) is 10.1 Å². The third-order valence-electron chi connectivity index (χ3n) is 3.63. The number of rotatable bonds is 4. The average molecular weight is 282 g/mol. The standard InChI is InChI=1S/C15H23FN2S/c1-3-13(17)9-12-5-4-6-14(16)15(12)18-7-8-19-11(2)10-18/h4-6,11,13H,3,7-10,17H2,1-2H3. The summed E-state index contributed by atoms with van der Waals surface area (Å²) in [5.41, 5.74) is 7.86. The Hall–Kier alpha value is -0.740. The van der Waals surface area contributed by atoms with E-state index in [-0.39, 0.29) is 11.9 Å². The molecule has 1 aromatic rings. The van der Waals surface area contributed by atoms with Crippen molar-refractivity contribution in [1.82, 2.24) is 0 Å². The van der Waals surface area contributed by atoms with E-state index < -0.39 is 0 Å². The van der Waals surface area contributed by atoms with E-state index in [1.165, 1.54) is 0 Å². The summed E-state index contributed by atoms with van der Waals surface area (Å²) in [5.74, 6) is 0.953. The third-order valence-corrected chi connectivity index (χ3v) is 4.77. The number of anilines is 1. The zero-order chi connectivity index (χ0) is 13.8. The highest BCUT2D eigenvalue weighted by Gasteiger charge is 2.22. The molecule has 1 saturated heterocycles. The van der Waals surface area contributed by atoms with E-state index >= 15 is 0 Å². The van der Waals surface area contributed by atoms with Gasteiger partial charge >= 0.3 is 0 Å². The lowest BCUT2D eigenvalue weighted by Crippen LogP contribution is -2.38. The van der Waals surface area contributed by atoms with E-state index in [2.05, 4.69) is 18.7 Å². The van der Waals surface area contributed by atoms with Crippen molar-refractivity contribution in [2.45, 2.75) is 38.0 Å². The van der Waals surface area contributed by atoms with Gasteiger partial charge in [0.05, 0.1) is 5.69 Å². The topological polar surface area (TPSA) is 29.3 Å². The van der Waals surface area contributed by atoms with Gasteiger partial charge in [0, 0.05) is 30.1 Å². The molecule has 1 heterocycles. The highest BCUT2D eigenvalue weighted by molar-refractivity contribution is 8.00. The molecule has 2 unspecified atom stereocenters. The molecule has 0 spiro atoms. The molecule has 1 aliphatic heterocycles. The molecular formula is C15H23FN2S. The highest BCUT2D eigenvalue weighted by Crippen LogP contribution is 2.30. The number of hydrogen-bond donors (Lipinski definition) is 1. The maximum absolute atomic E-state index is 14.2. The molecule has 2 atom stereocenters. The number of nitrogens with two attached hydrogens (primary N) is 1. The fourth-order valence-corrected chi connectivity index (χ4v) is 3.54. The van der Waals surface area contributed by atoms with Crippen molar-refractivity contribution in [2.24, 2.45) is 5.73 Å². The first-order valence-electron chi connectivity index (χ1n) is 7.01. The first-order valence-corrected chi connectivity index (χ1v) is 8.06. The molecule has 2 N–H and O–H groups in total. The first kappa shape index (κ1) is 14.7. The fraction of sp³-hybridized carbons (Fsp3) is 0.600. The van der Waals surface area contributed by atoms with Crippen LogP contribution in [0.5, 0.6) is 0 Å². The summed E-state index contributed by atoms with van der Waals surface area (Å²) >= 11 is 1.96. The van der Waals surface area contributed by atoms with Gasteiger partial charge in [0.25, 0.3) is 0 Å². The van der Waals surface area contributed by atoms with Crippen LogP contribution < -0.4 is 10.6 Å². The molecular weight excluding hydrogens is 259 g/mol. The predicted octanol–water partition coefficient (Wildman–Crippen LogP) is 3.05. The van der Waals surface area contributed by atoms with E-state index in [0.717, 1.165) is 42.9 Å². The van der Waals surface area contributed by atoms with Crippen molar-refractivity contribution in [3.8, 4) is 0 Å². The second kappa shape index (κ2) is 6.62. The largest absolute Gasteiger partial charge is 0.367 e. The number of para-hydroxylation sites is 1. The molecule has 1 aromatic carbocycles. The molecule has 0 aromatic heterocycles. The van der Waals surface area contributed by atoms with Gasteiger partial charge in [0.1, 0.15) is 5.82 Å². The van der Waals surface area contributed by atoms with Gasteiger partial charge in [0.15, 0.2) is 0 Å². The third kappa shape index (κ3) is 3.63. The molecule has 1 aliphatic rings. The second-order valence-electron chi connectivity index (χ2n) is 5.25. The van der Waals surface area contributed by atoms with Gasteiger partial charge in [-0.15, -0.1) is 0 Å². The van der Waals surface area contributed by atoms with Crippen LogP contribution in [0.1, 0.15) is 25.8 Å². The summed E-state index contributed by atoms with van der Waals surface area (Å²) in [5, 5.41) is 0.557. The van der Waals surface area contributed by atoms with Crippen LogP contribution in [0.3, 0.4) is 0 Å². The summed E-state index contributed by atoms with van der Waals surface area (Å²) in [7, 11) is 0. The lowest BCUT2D eigenvalue weighted by molar-refractivity contribution is 0.603. The zero-order valence-corrected chi connectivity index (χ0v) is 12.5. The molecule has 19 heavy (non-hydrogen) atoms. The second-order valence-corrected chi connectivity index (χ2v) is 6.79. The maximum atomic E-state index is 14.2. The molecule has 4 heteroatoms. The summed E-state index contributed by atoms with van der Waals surface area (Å²) < 4.78 is 14.2. The van der Waals surface area contributed by atoms with Gasteiger partial charge < -0.3 is 10.6 Å². The molecule has 2 nitrogen and oxygen atoms in total. The van der Waals surface area contributed by atoms with E-state index in [1.807, 2.05) is 17.8 Å². The van der Waals surface area contributed by atoms with Gasteiger partial charge in [-0.1, -0.05) is 26.0 Å². The zero-order valence-electron chi connectivity index (χ0n) is 11.7. The molecule has 0 bridgehead atoms. The van der Waals surface area contributed by atoms with Gasteiger partial charge in [-0.2, -0.15) is 11.8 Å². The van der Waals surface area contributed by atoms with Crippen LogP contribution >= 0.6 is 11.8 Å². The molecule has 0 saturated carbocycles. The minimum Gasteiger partial charge on any atom is -0.367 e. The SMILES string of the molecule is CCC(N)Cc1cccc(F)c1N1CCSC(C)C1. The van der Waals surface area contributed by atoms with Gasteiger partial charge in [-0.3, -0.25) is 0 Å². The van der Waals surface area contributed by atoms with Crippen LogP contribution in [0, 0.1) is 5.82 Å². The van der Waals surface area contributed by atoms with Crippen molar-refractivity contribution < 1.29 is 4.39 Å². The summed E-state index contributed by atoms with van der Waals surface area (Å²) in [6.45, 7) is 6.11. The van der Waals surface area contributed by atoms with E-state index in [0.29, 0.717) is 5.25 Å². The Labute approximate surface area is 119 Å². The minimum absolute atomic E-state index is 0.108. The predicted molar refractivity (Wildman–Crippen MR) is 82.5 cm³/mol. The highest BCUT2D eigenvalue weighted by atomic mass is 32.2. The summed E-state index contributed by atoms with van der Waals surface area (Å²) in [6, 6.07) is 5.47.